The lowest BCUT2D eigenvalue weighted by molar-refractivity contribution is -0.124. The van der Waals surface area contributed by atoms with Crippen LogP contribution in [0.25, 0.3) is 0 Å². The maximum atomic E-state index is 11.8. The Morgan fingerprint density at radius 3 is 2.40 bits per heavy atom. The summed E-state index contributed by atoms with van der Waals surface area (Å²) in [5, 5.41) is 12.6. The van der Waals surface area contributed by atoms with E-state index in [1.54, 1.807) is 12.1 Å². The maximum Gasteiger partial charge on any atom is 0.253 e. The number of amides is 1. The Morgan fingerprint density at radius 1 is 1.10 bits per heavy atom. The molecule has 2 rings (SSSR count). The summed E-state index contributed by atoms with van der Waals surface area (Å²) in [7, 11) is 0. The average molecular weight is 334 g/mol. The van der Waals surface area contributed by atoms with Gasteiger partial charge in [-0.1, -0.05) is 46.3 Å². The molecule has 1 atom stereocenters. The van der Waals surface area contributed by atoms with Crippen molar-refractivity contribution in [1.29, 1.82) is 0 Å². The summed E-state index contributed by atoms with van der Waals surface area (Å²) >= 11 is 3.33. The van der Waals surface area contributed by atoms with E-state index in [0.29, 0.717) is 18.5 Å². The molecule has 20 heavy (non-hydrogen) atoms. The Labute approximate surface area is 126 Å². The van der Waals surface area contributed by atoms with Crippen LogP contribution in [-0.4, -0.2) is 17.1 Å². The van der Waals surface area contributed by atoms with Gasteiger partial charge in [0.15, 0.2) is 0 Å². The minimum absolute atomic E-state index is 0.372. The molecule has 3 nitrogen and oxygen atoms in total. The predicted molar refractivity (Wildman–Crippen MR) is 83.5 cm³/mol. The van der Waals surface area contributed by atoms with E-state index in [2.05, 4.69) is 21.2 Å². The molecule has 2 aromatic rings. The van der Waals surface area contributed by atoms with Crippen molar-refractivity contribution in [3.05, 3.63) is 64.6 Å². The summed E-state index contributed by atoms with van der Waals surface area (Å²) in [6.07, 6.45) is 0.0844. The number of carbonyl (C=O) groups excluding carboxylic acids is 1. The molecule has 0 radical (unpaired) electrons. The highest BCUT2D eigenvalue weighted by atomic mass is 79.9. The second kappa shape index (κ2) is 7.22. The van der Waals surface area contributed by atoms with Gasteiger partial charge in [-0.2, -0.15) is 0 Å². The Balaban J connectivity index is 1.84. The largest absolute Gasteiger partial charge is 0.383 e. The third-order valence-corrected chi connectivity index (χ3v) is 3.49. The number of aliphatic hydroxyl groups is 1. The van der Waals surface area contributed by atoms with Gasteiger partial charge in [0.2, 0.25) is 0 Å². The molecule has 0 aliphatic rings. The van der Waals surface area contributed by atoms with Crippen LogP contribution >= 0.6 is 15.9 Å². The van der Waals surface area contributed by atoms with Crippen molar-refractivity contribution in [2.75, 3.05) is 5.32 Å². The molecule has 0 aliphatic carbocycles. The van der Waals surface area contributed by atoms with Crippen molar-refractivity contribution in [2.24, 2.45) is 0 Å². The van der Waals surface area contributed by atoms with E-state index >= 15 is 0 Å². The van der Waals surface area contributed by atoms with Gasteiger partial charge in [0, 0.05) is 10.2 Å². The Morgan fingerprint density at radius 2 is 1.75 bits per heavy atom. The van der Waals surface area contributed by atoms with Gasteiger partial charge in [-0.25, -0.2) is 0 Å². The lowest BCUT2D eigenvalue weighted by atomic mass is 10.1. The van der Waals surface area contributed by atoms with Gasteiger partial charge >= 0.3 is 0 Å². The van der Waals surface area contributed by atoms with Crippen molar-refractivity contribution in [1.82, 2.24) is 0 Å². The van der Waals surface area contributed by atoms with E-state index < -0.39 is 6.10 Å². The molecule has 2 N–H and O–H groups in total. The SMILES string of the molecule is O=C(Nc1ccc(Br)cc1)C(O)CCc1ccccc1. The maximum absolute atomic E-state index is 11.8. The molecule has 0 bridgehead atoms. The molecule has 104 valence electrons. The van der Waals surface area contributed by atoms with Crippen LogP contribution in [0.2, 0.25) is 0 Å². The van der Waals surface area contributed by atoms with Gasteiger partial charge in [-0.05, 0) is 42.7 Å². The number of benzene rings is 2. The van der Waals surface area contributed by atoms with Crippen LogP contribution in [-0.2, 0) is 11.2 Å². The summed E-state index contributed by atoms with van der Waals surface area (Å²) in [6, 6.07) is 17.1. The molecular formula is C16H16BrNO2. The Bertz CT molecular complexity index is 554. The standard InChI is InChI=1S/C16H16BrNO2/c17-13-7-9-14(10-8-13)18-16(20)15(19)11-6-12-4-2-1-3-5-12/h1-5,7-10,15,19H,6,11H2,(H,18,20). The third-order valence-electron chi connectivity index (χ3n) is 2.96. The highest BCUT2D eigenvalue weighted by Gasteiger charge is 2.14. The molecule has 0 spiro atoms. The molecule has 2 aromatic carbocycles. The Kier molecular flexibility index (Phi) is 5.32. The minimum Gasteiger partial charge on any atom is -0.383 e. The van der Waals surface area contributed by atoms with Crippen LogP contribution in [0.1, 0.15) is 12.0 Å². The molecule has 0 aliphatic heterocycles. The fourth-order valence-corrected chi connectivity index (χ4v) is 2.10. The van der Waals surface area contributed by atoms with Crippen LogP contribution in [0.15, 0.2) is 59.1 Å². The Hall–Kier alpha value is -1.65. The van der Waals surface area contributed by atoms with Gasteiger partial charge in [-0.3, -0.25) is 4.79 Å². The van der Waals surface area contributed by atoms with Crippen LogP contribution in [0.5, 0.6) is 0 Å². The van der Waals surface area contributed by atoms with E-state index in [1.165, 1.54) is 0 Å². The number of rotatable bonds is 5. The van der Waals surface area contributed by atoms with Crippen LogP contribution < -0.4 is 5.32 Å². The molecule has 0 heterocycles. The monoisotopic (exact) mass is 333 g/mol. The van der Waals surface area contributed by atoms with E-state index in [0.717, 1.165) is 10.0 Å². The first-order valence-electron chi connectivity index (χ1n) is 6.43. The first-order valence-corrected chi connectivity index (χ1v) is 7.23. The van der Waals surface area contributed by atoms with Crippen molar-refractivity contribution < 1.29 is 9.90 Å². The smallest absolute Gasteiger partial charge is 0.253 e. The summed E-state index contributed by atoms with van der Waals surface area (Å²) < 4.78 is 0.945. The van der Waals surface area contributed by atoms with Crippen molar-refractivity contribution in [3.8, 4) is 0 Å². The number of carbonyl (C=O) groups is 1. The quantitative estimate of drug-likeness (QED) is 0.881. The van der Waals surface area contributed by atoms with Crippen LogP contribution in [0.4, 0.5) is 5.69 Å². The predicted octanol–water partition coefficient (Wildman–Crippen LogP) is 3.38. The topological polar surface area (TPSA) is 49.3 Å². The molecule has 0 fully saturated rings. The van der Waals surface area contributed by atoms with Crippen molar-refractivity contribution in [2.45, 2.75) is 18.9 Å². The highest BCUT2D eigenvalue weighted by Crippen LogP contribution is 2.15. The number of nitrogens with one attached hydrogen (secondary N) is 1. The normalized spacial score (nSPS) is 11.9. The number of hydrogen-bond acceptors (Lipinski definition) is 2. The number of aliphatic hydroxyl groups excluding tert-OH is 1. The van der Waals surface area contributed by atoms with Gasteiger partial charge < -0.3 is 10.4 Å². The number of aryl methyl sites for hydroxylation is 1. The van der Waals surface area contributed by atoms with Gasteiger partial charge in [0.05, 0.1) is 0 Å². The van der Waals surface area contributed by atoms with E-state index in [1.807, 2.05) is 42.5 Å². The van der Waals surface area contributed by atoms with E-state index in [9.17, 15) is 9.90 Å². The zero-order valence-corrected chi connectivity index (χ0v) is 12.5. The summed E-state index contributed by atoms with van der Waals surface area (Å²) in [6.45, 7) is 0. The van der Waals surface area contributed by atoms with Crippen molar-refractivity contribution >= 4 is 27.5 Å². The second-order valence-electron chi connectivity index (χ2n) is 4.54. The molecule has 0 saturated carbocycles. The molecule has 1 amide bonds. The summed E-state index contributed by atoms with van der Waals surface area (Å²) in [4.78, 5) is 11.8. The summed E-state index contributed by atoms with van der Waals surface area (Å²) in [5.41, 5.74) is 1.79. The zero-order valence-electron chi connectivity index (χ0n) is 10.9. The molecule has 0 aromatic heterocycles. The zero-order chi connectivity index (χ0) is 14.4. The van der Waals surface area contributed by atoms with E-state index in [-0.39, 0.29) is 5.91 Å². The first kappa shape index (κ1) is 14.8. The molecule has 1 unspecified atom stereocenters. The van der Waals surface area contributed by atoms with Gasteiger partial charge in [0.25, 0.3) is 5.91 Å². The number of anilines is 1. The van der Waals surface area contributed by atoms with E-state index in [4.69, 9.17) is 0 Å². The van der Waals surface area contributed by atoms with Crippen molar-refractivity contribution in [3.63, 3.8) is 0 Å². The fraction of sp³-hybridized carbons (Fsp3) is 0.188. The first-order chi connectivity index (χ1) is 9.65. The average Bonchev–Trinajstić information content (AvgIpc) is 2.48. The summed E-state index contributed by atoms with van der Waals surface area (Å²) in [5.74, 6) is -0.372. The van der Waals surface area contributed by atoms with Crippen LogP contribution in [0, 0.1) is 0 Å². The van der Waals surface area contributed by atoms with Crippen LogP contribution in [0.3, 0.4) is 0 Å². The number of halogens is 1. The fourth-order valence-electron chi connectivity index (χ4n) is 1.84. The third kappa shape index (κ3) is 4.47. The molecule has 4 heteroatoms. The van der Waals surface area contributed by atoms with Gasteiger partial charge in [0.1, 0.15) is 6.10 Å². The number of hydrogen-bond donors (Lipinski definition) is 2. The van der Waals surface area contributed by atoms with Gasteiger partial charge in [-0.15, -0.1) is 0 Å². The molecular weight excluding hydrogens is 318 g/mol. The lowest BCUT2D eigenvalue weighted by Gasteiger charge is -2.11. The minimum atomic E-state index is -1.00. The highest BCUT2D eigenvalue weighted by molar-refractivity contribution is 9.10. The molecule has 0 saturated heterocycles. The lowest BCUT2D eigenvalue weighted by Crippen LogP contribution is -2.28. The second-order valence-corrected chi connectivity index (χ2v) is 5.45.